The minimum absolute atomic E-state index is 0.00635. The normalized spacial score (nSPS) is 17.2. The van der Waals surface area contributed by atoms with Gasteiger partial charge in [-0.15, -0.1) is 0 Å². The van der Waals surface area contributed by atoms with Gasteiger partial charge < -0.3 is 19.7 Å². The smallest absolute Gasteiger partial charge is 0.260 e. The Morgan fingerprint density at radius 3 is 2.48 bits per heavy atom. The lowest BCUT2D eigenvalue weighted by molar-refractivity contribution is -0.136. The van der Waals surface area contributed by atoms with E-state index in [-0.39, 0.29) is 18.6 Å². The summed E-state index contributed by atoms with van der Waals surface area (Å²) in [6.07, 6.45) is 0. The van der Waals surface area contributed by atoms with E-state index >= 15 is 0 Å². The fraction of sp³-hybridized carbons (Fsp3) is 0.350. The molecule has 2 aromatic rings. The second kappa shape index (κ2) is 8.53. The highest BCUT2D eigenvalue weighted by Gasteiger charge is 2.23. The highest BCUT2D eigenvalue weighted by atomic mass is 16.5. The number of hydrogen-bond acceptors (Lipinski definition) is 4. The van der Waals surface area contributed by atoms with E-state index in [0.29, 0.717) is 18.1 Å². The Bertz CT molecular complexity index is 690. The third-order valence-corrected chi connectivity index (χ3v) is 4.26. The van der Waals surface area contributed by atoms with E-state index in [1.807, 2.05) is 66.4 Å². The molecule has 132 valence electrons. The summed E-state index contributed by atoms with van der Waals surface area (Å²) in [5.41, 5.74) is 1.09. The van der Waals surface area contributed by atoms with Gasteiger partial charge in [0, 0.05) is 25.7 Å². The molecule has 2 aromatic carbocycles. The molecule has 1 heterocycles. The largest absolute Gasteiger partial charge is 0.485 e. The number of hydrogen-bond donors (Lipinski definition) is 1. The fourth-order valence-corrected chi connectivity index (χ4v) is 2.86. The van der Waals surface area contributed by atoms with Crippen molar-refractivity contribution < 1.29 is 14.3 Å². The molecule has 1 saturated heterocycles. The summed E-state index contributed by atoms with van der Waals surface area (Å²) in [5, 5.41) is 3.28. The maximum absolute atomic E-state index is 12.4. The van der Waals surface area contributed by atoms with E-state index < -0.39 is 0 Å². The van der Waals surface area contributed by atoms with E-state index in [1.165, 1.54) is 0 Å². The van der Waals surface area contributed by atoms with Crippen LogP contribution in [0.2, 0.25) is 0 Å². The topological polar surface area (TPSA) is 50.8 Å². The summed E-state index contributed by atoms with van der Waals surface area (Å²) in [4.78, 5) is 14.3. The van der Waals surface area contributed by atoms with E-state index in [9.17, 15) is 4.79 Å². The lowest BCUT2D eigenvalue weighted by atomic mass is 10.2. The van der Waals surface area contributed by atoms with Crippen LogP contribution in [0.5, 0.6) is 11.5 Å². The van der Waals surface area contributed by atoms with Gasteiger partial charge in [0.05, 0.1) is 0 Å². The first kappa shape index (κ1) is 17.3. The van der Waals surface area contributed by atoms with Crippen LogP contribution in [0.15, 0.2) is 54.6 Å². The Balaban J connectivity index is 1.58. The van der Waals surface area contributed by atoms with Crippen LogP contribution >= 0.6 is 0 Å². The summed E-state index contributed by atoms with van der Waals surface area (Å²) in [7, 11) is 0. The summed E-state index contributed by atoms with van der Waals surface area (Å²) in [6, 6.07) is 17.6. The zero-order valence-corrected chi connectivity index (χ0v) is 14.5. The first-order valence-electron chi connectivity index (χ1n) is 8.63. The van der Waals surface area contributed by atoms with Gasteiger partial charge in [-0.25, -0.2) is 0 Å². The van der Waals surface area contributed by atoms with Crippen LogP contribution < -0.4 is 14.8 Å². The molecule has 0 aromatic heterocycles. The first-order valence-corrected chi connectivity index (χ1v) is 8.63. The zero-order chi connectivity index (χ0) is 17.5. The number of ether oxygens (including phenoxy) is 2. The molecule has 0 spiro atoms. The molecule has 5 heteroatoms. The predicted molar refractivity (Wildman–Crippen MR) is 96.8 cm³/mol. The molecule has 25 heavy (non-hydrogen) atoms. The van der Waals surface area contributed by atoms with Crippen LogP contribution in [0.3, 0.4) is 0 Å². The number of benzene rings is 2. The average molecular weight is 340 g/mol. The SMILES string of the molecule is C[C@H]1CNCCN1C(=O)COc1ccccc1OCc1ccccc1. The van der Waals surface area contributed by atoms with Gasteiger partial charge in [0.25, 0.3) is 5.91 Å². The lowest BCUT2D eigenvalue weighted by Crippen LogP contribution is -2.53. The number of nitrogens with zero attached hydrogens (tertiary/aromatic N) is 1. The number of carbonyl (C=O) groups excluding carboxylic acids is 1. The Morgan fingerprint density at radius 2 is 1.76 bits per heavy atom. The first-order chi connectivity index (χ1) is 12.2. The number of carbonyl (C=O) groups is 1. The van der Waals surface area contributed by atoms with Crippen molar-refractivity contribution in [1.82, 2.24) is 10.2 Å². The fourth-order valence-electron chi connectivity index (χ4n) is 2.86. The number of para-hydroxylation sites is 2. The summed E-state index contributed by atoms with van der Waals surface area (Å²) in [5.74, 6) is 1.24. The molecule has 1 aliphatic rings. The molecule has 1 atom stereocenters. The molecule has 0 saturated carbocycles. The highest BCUT2D eigenvalue weighted by molar-refractivity contribution is 5.78. The van der Waals surface area contributed by atoms with Gasteiger partial charge >= 0.3 is 0 Å². The molecular weight excluding hydrogens is 316 g/mol. The third-order valence-electron chi connectivity index (χ3n) is 4.26. The van der Waals surface area contributed by atoms with Gasteiger partial charge in [-0.3, -0.25) is 4.79 Å². The quantitative estimate of drug-likeness (QED) is 0.878. The molecule has 1 fully saturated rings. The lowest BCUT2D eigenvalue weighted by Gasteiger charge is -2.33. The average Bonchev–Trinajstić information content (AvgIpc) is 2.66. The van der Waals surface area contributed by atoms with Crippen molar-refractivity contribution in [2.45, 2.75) is 19.6 Å². The maximum atomic E-state index is 12.4. The molecular formula is C20H24N2O3. The number of amides is 1. The van der Waals surface area contributed by atoms with Crippen LogP contribution in [-0.4, -0.2) is 43.1 Å². The molecule has 3 rings (SSSR count). The Hall–Kier alpha value is -2.53. The molecule has 0 aliphatic carbocycles. The van der Waals surface area contributed by atoms with Crippen molar-refractivity contribution in [2.24, 2.45) is 0 Å². The van der Waals surface area contributed by atoms with Gasteiger partial charge in [0.15, 0.2) is 18.1 Å². The van der Waals surface area contributed by atoms with E-state index in [4.69, 9.17) is 9.47 Å². The number of nitrogens with one attached hydrogen (secondary N) is 1. The Kier molecular flexibility index (Phi) is 5.90. The Morgan fingerprint density at radius 1 is 1.08 bits per heavy atom. The standard InChI is InChI=1S/C20H24N2O3/c1-16-13-21-11-12-22(16)20(23)15-25-19-10-6-5-9-18(19)24-14-17-7-3-2-4-8-17/h2-10,16,21H,11-15H2,1H3/t16-/m0/s1. The second-order valence-electron chi connectivity index (χ2n) is 6.15. The number of rotatable bonds is 6. The van der Waals surface area contributed by atoms with Crippen LogP contribution in [0.1, 0.15) is 12.5 Å². The molecule has 0 bridgehead atoms. The van der Waals surface area contributed by atoms with Crippen LogP contribution in [0, 0.1) is 0 Å². The van der Waals surface area contributed by atoms with E-state index in [0.717, 1.165) is 25.2 Å². The van der Waals surface area contributed by atoms with Crippen molar-refractivity contribution in [3.05, 3.63) is 60.2 Å². The van der Waals surface area contributed by atoms with Crippen molar-refractivity contribution in [3.63, 3.8) is 0 Å². The van der Waals surface area contributed by atoms with Crippen molar-refractivity contribution in [3.8, 4) is 11.5 Å². The van der Waals surface area contributed by atoms with Gasteiger partial charge in [-0.2, -0.15) is 0 Å². The molecule has 1 amide bonds. The van der Waals surface area contributed by atoms with Crippen molar-refractivity contribution >= 4 is 5.91 Å². The van der Waals surface area contributed by atoms with Gasteiger partial charge in [-0.1, -0.05) is 42.5 Å². The molecule has 0 radical (unpaired) electrons. The summed E-state index contributed by atoms with van der Waals surface area (Å²) < 4.78 is 11.6. The van der Waals surface area contributed by atoms with Crippen LogP contribution in [0.25, 0.3) is 0 Å². The molecule has 1 aliphatic heterocycles. The molecule has 0 unspecified atom stereocenters. The summed E-state index contributed by atoms with van der Waals surface area (Å²) in [6.45, 7) is 4.89. The van der Waals surface area contributed by atoms with Gasteiger partial charge in [-0.05, 0) is 24.6 Å². The maximum Gasteiger partial charge on any atom is 0.260 e. The summed E-state index contributed by atoms with van der Waals surface area (Å²) >= 11 is 0. The second-order valence-corrected chi connectivity index (χ2v) is 6.15. The van der Waals surface area contributed by atoms with Crippen LogP contribution in [0.4, 0.5) is 0 Å². The third kappa shape index (κ3) is 4.73. The van der Waals surface area contributed by atoms with E-state index in [2.05, 4.69) is 5.32 Å². The van der Waals surface area contributed by atoms with Gasteiger partial charge in [0.1, 0.15) is 6.61 Å². The number of piperazine rings is 1. The van der Waals surface area contributed by atoms with Crippen molar-refractivity contribution in [2.75, 3.05) is 26.2 Å². The monoisotopic (exact) mass is 340 g/mol. The van der Waals surface area contributed by atoms with E-state index in [1.54, 1.807) is 0 Å². The minimum atomic E-state index is 0.00635. The highest BCUT2D eigenvalue weighted by Crippen LogP contribution is 2.27. The minimum Gasteiger partial charge on any atom is -0.485 e. The molecule has 1 N–H and O–H groups in total. The van der Waals surface area contributed by atoms with Crippen molar-refractivity contribution in [1.29, 1.82) is 0 Å². The zero-order valence-electron chi connectivity index (χ0n) is 14.5. The molecule has 5 nitrogen and oxygen atoms in total. The van der Waals surface area contributed by atoms with Gasteiger partial charge in [0.2, 0.25) is 0 Å². The van der Waals surface area contributed by atoms with Crippen LogP contribution in [-0.2, 0) is 11.4 Å². The Labute approximate surface area is 148 Å². The predicted octanol–water partition coefficient (Wildman–Crippen LogP) is 2.46.